The normalized spacial score (nSPS) is 9.36. The maximum Gasteiger partial charge on any atom is 0.150 e. The van der Waals surface area contributed by atoms with E-state index in [1.165, 1.54) is 0 Å². The molecule has 0 unspecified atom stereocenters. The lowest BCUT2D eigenvalue weighted by Crippen LogP contribution is -2.15. The van der Waals surface area contributed by atoms with Crippen LogP contribution in [-0.2, 0) is 11.2 Å². The second-order valence-electron chi connectivity index (χ2n) is 2.66. The summed E-state index contributed by atoms with van der Waals surface area (Å²) in [4.78, 5) is 11.0. The largest absolute Gasteiger partial charge is 0.324 e. The average molecular weight is 255 g/mol. The average Bonchev–Trinajstić information content (AvgIpc) is 2.09. The molecule has 0 spiro atoms. The molecule has 0 fully saturated rings. The van der Waals surface area contributed by atoms with Crippen LogP contribution in [0.1, 0.15) is 5.56 Å². The maximum absolute atomic E-state index is 11.0. The van der Waals surface area contributed by atoms with Gasteiger partial charge in [0.15, 0.2) is 5.78 Å². The Bertz CT molecular complexity index is 328. The van der Waals surface area contributed by atoms with Crippen molar-refractivity contribution in [3.05, 3.63) is 33.8 Å². The molecule has 0 saturated carbocycles. The molecule has 1 aromatic carbocycles. The minimum atomic E-state index is -0.0378. The first-order valence-electron chi connectivity index (χ1n) is 3.79. The van der Waals surface area contributed by atoms with Gasteiger partial charge in [0.25, 0.3) is 0 Å². The van der Waals surface area contributed by atoms with Crippen LogP contribution in [0.3, 0.4) is 0 Å². The van der Waals surface area contributed by atoms with Crippen molar-refractivity contribution in [3.63, 3.8) is 0 Å². The van der Waals surface area contributed by atoms with Gasteiger partial charge in [0.2, 0.25) is 0 Å². The lowest BCUT2D eigenvalue weighted by molar-refractivity contribution is -0.117. The van der Waals surface area contributed by atoms with Gasteiger partial charge < -0.3 is 5.73 Å². The third-order valence-corrected chi connectivity index (χ3v) is 2.22. The van der Waals surface area contributed by atoms with Crippen molar-refractivity contribution in [1.82, 2.24) is 0 Å². The highest BCUT2D eigenvalue weighted by Gasteiger charge is 2.05. The Morgan fingerprint density at radius 1 is 1.36 bits per heavy atom. The second kappa shape index (κ2) is 6.25. The molecule has 0 atom stereocenters. The van der Waals surface area contributed by atoms with Crippen molar-refractivity contribution in [1.29, 1.82) is 0 Å². The Kier molecular flexibility index (Phi) is 6.12. The summed E-state index contributed by atoms with van der Waals surface area (Å²) in [5.74, 6) is -0.0378. The Hall–Kier alpha value is -0.280. The van der Waals surface area contributed by atoms with Gasteiger partial charge in [-0.1, -0.05) is 29.3 Å². The van der Waals surface area contributed by atoms with Gasteiger partial charge in [-0.2, -0.15) is 0 Å². The standard InChI is InChI=1S/C9H9Cl2NO.ClH/c10-7-2-1-6(9(11)4-7)3-8(13)5-12;/h1-2,4H,3,5,12H2;1H. The van der Waals surface area contributed by atoms with Gasteiger partial charge in [-0.25, -0.2) is 0 Å². The second-order valence-corrected chi connectivity index (χ2v) is 3.50. The van der Waals surface area contributed by atoms with Crippen LogP contribution >= 0.6 is 35.6 Å². The van der Waals surface area contributed by atoms with E-state index in [0.717, 1.165) is 5.56 Å². The SMILES string of the molecule is Cl.NCC(=O)Cc1ccc(Cl)cc1Cl. The number of nitrogens with two attached hydrogens (primary N) is 1. The number of carbonyl (C=O) groups excluding carboxylic acids is 1. The lowest BCUT2D eigenvalue weighted by atomic mass is 10.1. The highest BCUT2D eigenvalue weighted by molar-refractivity contribution is 6.35. The highest BCUT2D eigenvalue weighted by atomic mass is 35.5. The van der Waals surface area contributed by atoms with E-state index in [1.54, 1.807) is 18.2 Å². The Balaban J connectivity index is 0.00000169. The van der Waals surface area contributed by atoms with Crippen LogP contribution in [0.2, 0.25) is 10.0 Å². The van der Waals surface area contributed by atoms with Gasteiger partial charge in [-0.05, 0) is 17.7 Å². The fourth-order valence-corrected chi connectivity index (χ4v) is 1.42. The molecule has 0 saturated heterocycles. The molecule has 1 rings (SSSR count). The first-order valence-corrected chi connectivity index (χ1v) is 4.54. The Morgan fingerprint density at radius 3 is 2.50 bits per heavy atom. The number of halogens is 3. The van der Waals surface area contributed by atoms with Crippen molar-refractivity contribution >= 4 is 41.4 Å². The van der Waals surface area contributed by atoms with Crippen molar-refractivity contribution in [3.8, 4) is 0 Å². The first-order chi connectivity index (χ1) is 6.13. The maximum atomic E-state index is 11.0. The summed E-state index contributed by atoms with van der Waals surface area (Å²) in [5, 5.41) is 1.07. The lowest BCUT2D eigenvalue weighted by Gasteiger charge is -2.02. The zero-order chi connectivity index (χ0) is 9.84. The molecular weight excluding hydrogens is 244 g/mol. The highest BCUT2D eigenvalue weighted by Crippen LogP contribution is 2.21. The first kappa shape index (κ1) is 13.7. The number of benzene rings is 1. The molecular formula is C9H10Cl3NO. The quantitative estimate of drug-likeness (QED) is 0.900. The van der Waals surface area contributed by atoms with E-state index >= 15 is 0 Å². The molecule has 5 heteroatoms. The molecule has 0 heterocycles. The molecule has 0 amide bonds. The van der Waals surface area contributed by atoms with Crippen molar-refractivity contribution in [2.75, 3.05) is 6.54 Å². The third-order valence-electron chi connectivity index (χ3n) is 1.63. The van der Waals surface area contributed by atoms with E-state index in [1.807, 2.05) is 0 Å². The summed E-state index contributed by atoms with van der Waals surface area (Å²) in [6, 6.07) is 5.05. The summed E-state index contributed by atoms with van der Waals surface area (Å²) in [6.07, 6.45) is 0.270. The van der Waals surface area contributed by atoms with E-state index in [-0.39, 0.29) is 31.2 Å². The smallest absolute Gasteiger partial charge is 0.150 e. The van der Waals surface area contributed by atoms with Crippen molar-refractivity contribution in [2.45, 2.75) is 6.42 Å². The molecule has 78 valence electrons. The molecule has 0 aromatic heterocycles. The summed E-state index contributed by atoms with van der Waals surface area (Å²) < 4.78 is 0. The van der Waals surface area contributed by atoms with E-state index in [2.05, 4.69) is 0 Å². The predicted molar refractivity (Wildman–Crippen MR) is 61.5 cm³/mol. The topological polar surface area (TPSA) is 43.1 Å². The van der Waals surface area contributed by atoms with Crippen LogP contribution in [0.25, 0.3) is 0 Å². The molecule has 1 aromatic rings. The minimum absolute atomic E-state index is 0. The molecule has 2 nitrogen and oxygen atoms in total. The van der Waals surface area contributed by atoms with Crippen molar-refractivity contribution in [2.24, 2.45) is 5.73 Å². The van der Waals surface area contributed by atoms with E-state index in [4.69, 9.17) is 28.9 Å². The Morgan fingerprint density at radius 2 is 2.00 bits per heavy atom. The molecule has 0 aliphatic heterocycles. The molecule has 2 N–H and O–H groups in total. The van der Waals surface area contributed by atoms with Gasteiger partial charge in [-0.3, -0.25) is 4.79 Å². The molecule has 0 radical (unpaired) electrons. The van der Waals surface area contributed by atoms with Gasteiger partial charge in [-0.15, -0.1) is 12.4 Å². The fourth-order valence-electron chi connectivity index (χ4n) is 0.950. The van der Waals surface area contributed by atoms with Crippen LogP contribution in [-0.4, -0.2) is 12.3 Å². The van der Waals surface area contributed by atoms with E-state index in [9.17, 15) is 4.79 Å². The van der Waals surface area contributed by atoms with Crippen LogP contribution in [0, 0.1) is 0 Å². The van der Waals surface area contributed by atoms with Crippen molar-refractivity contribution < 1.29 is 4.79 Å². The van der Waals surface area contributed by atoms with Crippen LogP contribution in [0.4, 0.5) is 0 Å². The monoisotopic (exact) mass is 253 g/mol. The van der Waals surface area contributed by atoms with Crippen LogP contribution in [0.15, 0.2) is 18.2 Å². The third kappa shape index (κ3) is 3.84. The molecule has 0 aliphatic rings. The number of carbonyl (C=O) groups is 1. The Labute approximate surface area is 98.8 Å². The number of rotatable bonds is 3. The van der Waals surface area contributed by atoms with E-state index in [0.29, 0.717) is 10.0 Å². The van der Waals surface area contributed by atoms with Gasteiger partial charge in [0, 0.05) is 16.5 Å². The number of hydrogen-bond acceptors (Lipinski definition) is 2. The summed E-state index contributed by atoms with van der Waals surface area (Å²) in [7, 11) is 0. The minimum Gasteiger partial charge on any atom is -0.324 e. The molecule has 0 aliphatic carbocycles. The van der Waals surface area contributed by atoms with Gasteiger partial charge in [0.05, 0.1) is 6.54 Å². The zero-order valence-electron chi connectivity index (χ0n) is 7.30. The zero-order valence-corrected chi connectivity index (χ0v) is 9.62. The van der Waals surface area contributed by atoms with Gasteiger partial charge in [0.1, 0.15) is 0 Å². The van der Waals surface area contributed by atoms with Gasteiger partial charge >= 0.3 is 0 Å². The summed E-state index contributed by atoms with van der Waals surface area (Å²) in [6.45, 7) is 0.0406. The predicted octanol–water partition coefficient (Wildman–Crippen LogP) is 2.49. The molecule has 14 heavy (non-hydrogen) atoms. The van der Waals surface area contributed by atoms with Crippen LogP contribution < -0.4 is 5.73 Å². The molecule has 0 bridgehead atoms. The summed E-state index contributed by atoms with van der Waals surface area (Å²) >= 11 is 11.5. The number of Topliss-reactive ketones (excluding diaryl/α,β-unsaturated/α-hetero) is 1. The fraction of sp³-hybridized carbons (Fsp3) is 0.222. The number of ketones is 1. The number of hydrogen-bond donors (Lipinski definition) is 1. The van der Waals surface area contributed by atoms with E-state index < -0.39 is 0 Å². The van der Waals surface area contributed by atoms with Crippen LogP contribution in [0.5, 0.6) is 0 Å². The summed E-state index contributed by atoms with van der Waals surface area (Å²) in [5.41, 5.74) is 5.95.